The first-order chi connectivity index (χ1) is 5.77. The predicted molar refractivity (Wildman–Crippen MR) is 52.0 cm³/mol. The van der Waals surface area contributed by atoms with Gasteiger partial charge in [0, 0.05) is 4.70 Å². The van der Waals surface area contributed by atoms with Gasteiger partial charge in [-0.2, -0.15) is 0 Å². The van der Waals surface area contributed by atoms with E-state index in [-0.39, 0.29) is 31.0 Å². The van der Waals surface area contributed by atoms with Crippen LogP contribution in [-0.2, 0) is 11.1 Å². The molecule has 13 heavy (non-hydrogen) atoms. The molecule has 0 spiro atoms. The molecule has 1 N–H and O–H groups in total. The minimum atomic E-state index is -1.84. The van der Waals surface area contributed by atoms with Crippen LogP contribution in [0.1, 0.15) is 1.43 Å². The van der Waals surface area contributed by atoms with Crippen molar-refractivity contribution >= 4 is 32.5 Å². The molecule has 1 heterocycles. The Labute approximate surface area is 106 Å². The molecule has 2 rings (SSSR count). The zero-order valence-corrected chi connectivity index (χ0v) is 10.7. The van der Waals surface area contributed by atoms with Gasteiger partial charge in [0.2, 0.25) is 0 Å². The summed E-state index contributed by atoms with van der Waals surface area (Å²) in [5, 5.41) is 1.03. The molecule has 0 radical (unpaired) electrons. The van der Waals surface area contributed by atoms with E-state index in [1.165, 1.54) is 11.3 Å². The molecule has 1 aromatic heterocycles. The Balaban J connectivity index is 0.000000845. The molecule has 2 aromatic rings. The molecule has 1 aromatic carbocycles. The van der Waals surface area contributed by atoms with Crippen molar-refractivity contribution < 1.29 is 39.7 Å². The topological polar surface area (TPSA) is 37.3 Å². The molecule has 0 fully saturated rings. The molecule has 0 amide bonds. The van der Waals surface area contributed by atoms with Gasteiger partial charge in [0.25, 0.3) is 0 Å². The number of hydrogen-bond donors (Lipinski definition) is 1. The number of fused-ring (bicyclic) bond motifs is 1. The fourth-order valence-electron chi connectivity index (χ4n) is 1.04. The van der Waals surface area contributed by atoms with Gasteiger partial charge in [-0.05, 0) is 17.5 Å². The minimum Gasteiger partial charge on any atom is -1.00 e. The zero-order valence-electron chi connectivity index (χ0n) is 8.06. The van der Waals surface area contributed by atoms with Crippen LogP contribution in [0.2, 0.25) is 0 Å². The molecule has 0 aliphatic heterocycles. The van der Waals surface area contributed by atoms with Gasteiger partial charge in [0.15, 0.2) is 11.1 Å². The molecule has 5 heteroatoms. The number of hydrogen-bond acceptors (Lipinski definition) is 2. The first kappa shape index (κ1) is 11.4. The van der Waals surface area contributed by atoms with Crippen molar-refractivity contribution in [1.29, 1.82) is 0 Å². The summed E-state index contributed by atoms with van der Waals surface area (Å²) < 4.78 is 21.1. The van der Waals surface area contributed by atoms with E-state index in [4.69, 9.17) is 4.55 Å². The Kier molecular flexibility index (Phi) is 4.09. The Morgan fingerprint density at radius 3 is 2.69 bits per heavy atom. The van der Waals surface area contributed by atoms with Crippen molar-refractivity contribution in [2.24, 2.45) is 0 Å². The van der Waals surface area contributed by atoms with Crippen molar-refractivity contribution in [3.05, 3.63) is 30.3 Å². The van der Waals surface area contributed by atoms with E-state index in [2.05, 4.69) is 0 Å². The average Bonchev–Trinajstić information content (AvgIpc) is 2.46. The first-order valence-corrected chi connectivity index (χ1v) is 5.29. The molecular formula is C8H7NaO2S2. The molecule has 2 nitrogen and oxygen atoms in total. The maximum Gasteiger partial charge on any atom is 1.00 e. The fourth-order valence-corrected chi connectivity index (χ4v) is 2.62. The standard InChI is InChI=1S/C8H6O2S2.Na.H/c9-12(10)8-5-6-3-1-2-4-7(6)11-8;;/h1-5H,(H,9,10);;/q;+1;-1. The Bertz CT molecular complexity index is 411. The summed E-state index contributed by atoms with van der Waals surface area (Å²) in [4.78, 5) is 0. The monoisotopic (exact) mass is 222 g/mol. The second kappa shape index (κ2) is 4.68. The molecule has 0 aliphatic carbocycles. The van der Waals surface area contributed by atoms with Crippen LogP contribution in [0.25, 0.3) is 10.1 Å². The number of rotatable bonds is 1. The molecule has 0 saturated heterocycles. The van der Waals surface area contributed by atoms with Gasteiger partial charge in [0.1, 0.15) is 4.21 Å². The molecule has 0 bridgehead atoms. The SMILES string of the molecule is O=S(O)c1cc2ccccc2s1.[H-].[Na+]. The maximum atomic E-state index is 10.7. The second-order valence-corrected chi connectivity index (χ2v) is 4.63. The van der Waals surface area contributed by atoms with Crippen LogP contribution in [0.3, 0.4) is 0 Å². The van der Waals surface area contributed by atoms with E-state index in [1.54, 1.807) is 6.07 Å². The first-order valence-electron chi connectivity index (χ1n) is 3.37. The minimum absolute atomic E-state index is 0. The van der Waals surface area contributed by atoms with Crippen molar-refractivity contribution in [3.8, 4) is 0 Å². The largest absolute Gasteiger partial charge is 1.00 e. The maximum absolute atomic E-state index is 10.7. The third-order valence-corrected chi connectivity index (χ3v) is 3.63. The van der Waals surface area contributed by atoms with Gasteiger partial charge in [-0.15, -0.1) is 11.3 Å². The van der Waals surface area contributed by atoms with Crippen molar-refractivity contribution in [3.63, 3.8) is 0 Å². The zero-order chi connectivity index (χ0) is 8.55. The fraction of sp³-hybridized carbons (Fsp3) is 0. The quantitative estimate of drug-likeness (QED) is 0.526. The Hall–Kier alpha value is 0.290. The van der Waals surface area contributed by atoms with Gasteiger partial charge in [0.05, 0.1) is 0 Å². The molecule has 0 saturated carbocycles. The number of benzene rings is 1. The van der Waals surface area contributed by atoms with Crippen molar-refractivity contribution in [2.45, 2.75) is 4.21 Å². The summed E-state index contributed by atoms with van der Waals surface area (Å²) >= 11 is -0.488. The van der Waals surface area contributed by atoms with Crippen molar-refractivity contribution in [1.82, 2.24) is 0 Å². The molecule has 0 aliphatic rings. The second-order valence-electron chi connectivity index (χ2n) is 2.35. The molecule has 64 valence electrons. The molecular weight excluding hydrogens is 215 g/mol. The molecule has 1 unspecified atom stereocenters. The normalized spacial score (nSPS) is 12.4. The van der Waals surface area contributed by atoms with Gasteiger partial charge < -0.3 is 5.98 Å². The summed E-state index contributed by atoms with van der Waals surface area (Å²) in [6, 6.07) is 9.46. The van der Waals surface area contributed by atoms with E-state index in [1.807, 2.05) is 24.3 Å². The van der Waals surface area contributed by atoms with E-state index in [0.717, 1.165) is 10.1 Å². The van der Waals surface area contributed by atoms with E-state index < -0.39 is 11.1 Å². The smallest absolute Gasteiger partial charge is 1.00 e. The van der Waals surface area contributed by atoms with Crippen LogP contribution in [0.4, 0.5) is 0 Å². The Morgan fingerprint density at radius 2 is 2.08 bits per heavy atom. The summed E-state index contributed by atoms with van der Waals surface area (Å²) in [6.07, 6.45) is 0. The van der Waals surface area contributed by atoms with Crippen LogP contribution >= 0.6 is 11.3 Å². The summed E-state index contributed by atoms with van der Waals surface area (Å²) in [7, 11) is 0. The predicted octanol–water partition coefficient (Wildman–Crippen LogP) is -0.402. The van der Waals surface area contributed by atoms with Gasteiger partial charge in [-0.3, -0.25) is 0 Å². The van der Waals surface area contributed by atoms with Crippen LogP contribution < -0.4 is 29.6 Å². The van der Waals surface area contributed by atoms with Gasteiger partial charge in [-0.25, -0.2) is 4.21 Å². The van der Waals surface area contributed by atoms with E-state index in [0.29, 0.717) is 4.21 Å². The van der Waals surface area contributed by atoms with E-state index >= 15 is 0 Å². The van der Waals surface area contributed by atoms with Crippen LogP contribution in [0.5, 0.6) is 0 Å². The molecule has 1 atom stereocenters. The third kappa shape index (κ3) is 2.40. The van der Waals surface area contributed by atoms with Crippen molar-refractivity contribution in [2.75, 3.05) is 0 Å². The van der Waals surface area contributed by atoms with Gasteiger partial charge >= 0.3 is 29.6 Å². The van der Waals surface area contributed by atoms with Crippen LogP contribution in [-0.4, -0.2) is 8.76 Å². The third-order valence-electron chi connectivity index (χ3n) is 1.58. The summed E-state index contributed by atoms with van der Waals surface area (Å²) in [6.45, 7) is 0. The van der Waals surface area contributed by atoms with Crippen LogP contribution in [0.15, 0.2) is 34.5 Å². The van der Waals surface area contributed by atoms with E-state index in [9.17, 15) is 4.21 Å². The average molecular weight is 222 g/mol. The number of thiophene rings is 1. The summed E-state index contributed by atoms with van der Waals surface area (Å²) in [5.74, 6) is 0. The van der Waals surface area contributed by atoms with Gasteiger partial charge in [-0.1, -0.05) is 18.2 Å². The summed E-state index contributed by atoms with van der Waals surface area (Å²) in [5.41, 5.74) is 0. The van der Waals surface area contributed by atoms with Crippen LogP contribution in [0, 0.1) is 0 Å². The Morgan fingerprint density at radius 1 is 1.38 bits per heavy atom.